The maximum Gasteiger partial charge on any atom is 0.239 e. The van der Waals surface area contributed by atoms with Crippen LogP contribution in [0.15, 0.2) is 29.2 Å². The Bertz CT molecular complexity index is 860. The Morgan fingerprint density at radius 1 is 1.12 bits per heavy atom. The van der Waals surface area contributed by atoms with Gasteiger partial charge in [-0.3, -0.25) is 0 Å². The first-order valence-corrected chi connectivity index (χ1v) is 11.3. The molecule has 1 fully saturated rings. The van der Waals surface area contributed by atoms with Gasteiger partial charge >= 0.3 is 0 Å². The number of sulfonamides is 2. The van der Waals surface area contributed by atoms with Gasteiger partial charge in [-0.05, 0) is 42.9 Å². The summed E-state index contributed by atoms with van der Waals surface area (Å²) in [5.74, 6) is 0. The highest BCUT2D eigenvalue weighted by Crippen LogP contribution is 2.30. The van der Waals surface area contributed by atoms with Gasteiger partial charge in [0.25, 0.3) is 0 Å². The van der Waals surface area contributed by atoms with Gasteiger partial charge < -0.3 is 0 Å². The quantitative estimate of drug-likeness (QED) is 0.866. The molecule has 0 amide bonds. The molecule has 0 bridgehead atoms. The second-order valence-electron chi connectivity index (χ2n) is 6.40. The Hall–Kier alpha value is -1.22. The minimum Gasteiger partial charge on any atom is -0.213 e. The van der Waals surface area contributed by atoms with E-state index in [4.69, 9.17) is 0 Å². The summed E-state index contributed by atoms with van der Waals surface area (Å²) in [6.07, 6.45) is 5.35. The second kappa shape index (κ2) is 6.59. The molecular weight excluding hydrogens is 348 g/mol. The lowest BCUT2D eigenvalue weighted by atomic mass is 9.98. The van der Waals surface area contributed by atoms with Gasteiger partial charge in [0.15, 0.2) is 0 Å². The standard InChI is InChI=1S/C16H22N2O4S2/c1-23(19,20)17-15-7-4-10-18(12-15)24(21,22)16-9-8-13-5-2-3-6-14(13)11-16/h2-3,5-6,11,15,17H,4,7-10,12H2,1H3. The Kier molecular flexibility index (Phi) is 4.83. The van der Waals surface area contributed by atoms with E-state index in [2.05, 4.69) is 4.72 Å². The molecule has 1 aliphatic carbocycles. The Balaban J connectivity index is 1.82. The molecule has 1 aromatic rings. The predicted molar refractivity (Wildman–Crippen MR) is 94.2 cm³/mol. The molecule has 8 heteroatoms. The number of piperidine rings is 1. The van der Waals surface area contributed by atoms with Crippen LogP contribution in [0, 0.1) is 0 Å². The molecule has 1 aliphatic heterocycles. The van der Waals surface area contributed by atoms with Crippen molar-refractivity contribution < 1.29 is 16.8 Å². The van der Waals surface area contributed by atoms with Crippen molar-refractivity contribution in [2.45, 2.75) is 31.7 Å². The Labute approximate surface area is 143 Å². The molecule has 1 saturated heterocycles. The van der Waals surface area contributed by atoms with E-state index in [1.165, 1.54) is 4.31 Å². The Morgan fingerprint density at radius 3 is 2.62 bits per heavy atom. The molecule has 0 aromatic heterocycles. The monoisotopic (exact) mass is 370 g/mol. The van der Waals surface area contributed by atoms with Crippen molar-refractivity contribution in [2.24, 2.45) is 0 Å². The van der Waals surface area contributed by atoms with Gasteiger partial charge in [-0.1, -0.05) is 24.3 Å². The maximum absolute atomic E-state index is 12.9. The molecule has 6 nitrogen and oxygen atoms in total. The molecule has 2 aliphatic rings. The van der Waals surface area contributed by atoms with Crippen molar-refractivity contribution in [2.75, 3.05) is 19.3 Å². The molecule has 0 spiro atoms. The number of benzene rings is 1. The Morgan fingerprint density at radius 2 is 1.88 bits per heavy atom. The van der Waals surface area contributed by atoms with E-state index < -0.39 is 20.0 Å². The summed E-state index contributed by atoms with van der Waals surface area (Å²) in [4.78, 5) is 0.418. The fourth-order valence-corrected chi connectivity index (χ4v) is 5.85. The minimum atomic E-state index is -3.56. The molecule has 1 N–H and O–H groups in total. The third-order valence-electron chi connectivity index (χ3n) is 4.45. The van der Waals surface area contributed by atoms with E-state index in [0.717, 1.165) is 17.4 Å². The van der Waals surface area contributed by atoms with E-state index in [1.807, 2.05) is 24.3 Å². The molecule has 132 valence electrons. The molecule has 0 radical (unpaired) electrons. The number of rotatable bonds is 4. The van der Waals surface area contributed by atoms with Crippen molar-refractivity contribution in [1.29, 1.82) is 0 Å². The zero-order valence-electron chi connectivity index (χ0n) is 13.6. The smallest absolute Gasteiger partial charge is 0.213 e. The van der Waals surface area contributed by atoms with E-state index >= 15 is 0 Å². The summed E-state index contributed by atoms with van der Waals surface area (Å²) < 4.78 is 52.6. The number of fused-ring (bicyclic) bond motifs is 1. The lowest BCUT2D eigenvalue weighted by Gasteiger charge is -2.33. The van der Waals surface area contributed by atoms with Gasteiger partial charge in [-0.15, -0.1) is 0 Å². The topological polar surface area (TPSA) is 83.6 Å². The third kappa shape index (κ3) is 3.88. The van der Waals surface area contributed by atoms with Gasteiger partial charge in [-0.2, -0.15) is 4.31 Å². The first kappa shape index (κ1) is 17.6. The molecule has 3 rings (SSSR count). The third-order valence-corrected chi connectivity index (χ3v) is 7.21. The van der Waals surface area contributed by atoms with Crippen molar-refractivity contribution in [3.8, 4) is 0 Å². The zero-order valence-corrected chi connectivity index (χ0v) is 15.2. The van der Waals surface area contributed by atoms with Crippen LogP contribution < -0.4 is 4.72 Å². The SMILES string of the molecule is CS(=O)(=O)NC1CCCN(S(=O)(=O)C2=Cc3ccccc3CC2)C1. The van der Waals surface area contributed by atoms with Crippen LogP contribution in [0.5, 0.6) is 0 Å². The highest BCUT2D eigenvalue weighted by molar-refractivity contribution is 7.93. The lowest BCUT2D eigenvalue weighted by molar-refractivity contribution is 0.305. The summed E-state index contributed by atoms with van der Waals surface area (Å²) in [5, 5.41) is 0. The number of allylic oxidation sites excluding steroid dienone is 1. The molecule has 1 atom stereocenters. The molecule has 1 aromatic carbocycles. The average Bonchev–Trinajstić information content (AvgIpc) is 2.53. The van der Waals surface area contributed by atoms with Crippen LogP contribution in [-0.2, 0) is 26.5 Å². The first-order valence-electron chi connectivity index (χ1n) is 8.02. The van der Waals surface area contributed by atoms with Crippen LogP contribution in [0.25, 0.3) is 6.08 Å². The van der Waals surface area contributed by atoms with Crippen molar-refractivity contribution in [1.82, 2.24) is 9.03 Å². The van der Waals surface area contributed by atoms with Gasteiger partial charge in [0, 0.05) is 19.1 Å². The highest BCUT2D eigenvalue weighted by atomic mass is 32.2. The molecule has 0 saturated carbocycles. The van der Waals surface area contributed by atoms with E-state index in [9.17, 15) is 16.8 Å². The van der Waals surface area contributed by atoms with E-state index in [0.29, 0.717) is 37.1 Å². The number of hydrogen-bond acceptors (Lipinski definition) is 4. The minimum absolute atomic E-state index is 0.189. The summed E-state index contributed by atoms with van der Waals surface area (Å²) in [6, 6.07) is 7.44. The number of nitrogens with one attached hydrogen (secondary N) is 1. The van der Waals surface area contributed by atoms with Gasteiger partial charge in [0.05, 0.1) is 11.2 Å². The molecular formula is C16H22N2O4S2. The normalized spacial score (nSPS) is 22.7. The van der Waals surface area contributed by atoms with Gasteiger partial charge in [0.1, 0.15) is 0 Å². The van der Waals surface area contributed by atoms with E-state index in [1.54, 1.807) is 6.08 Å². The molecule has 1 heterocycles. The largest absolute Gasteiger partial charge is 0.239 e. The summed E-state index contributed by atoms with van der Waals surface area (Å²) in [7, 11) is -6.90. The number of aryl methyl sites for hydroxylation is 1. The lowest BCUT2D eigenvalue weighted by Crippen LogP contribution is -2.49. The van der Waals surface area contributed by atoms with Crippen LogP contribution >= 0.6 is 0 Å². The van der Waals surface area contributed by atoms with E-state index in [-0.39, 0.29) is 12.6 Å². The summed E-state index contributed by atoms with van der Waals surface area (Å²) >= 11 is 0. The van der Waals surface area contributed by atoms with Crippen LogP contribution in [0.4, 0.5) is 0 Å². The maximum atomic E-state index is 12.9. The van der Waals surface area contributed by atoms with Crippen LogP contribution in [0.1, 0.15) is 30.4 Å². The van der Waals surface area contributed by atoms with Gasteiger partial charge in [0.2, 0.25) is 20.0 Å². The number of hydrogen-bond donors (Lipinski definition) is 1. The second-order valence-corrected chi connectivity index (χ2v) is 10.2. The molecule has 24 heavy (non-hydrogen) atoms. The van der Waals surface area contributed by atoms with Crippen molar-refractivity contribution >= 4 is 26.1 Å². The molecule has 1 unspecified atom stereocenters. The fourth-order valence-electron chi connectivity index (χ4n) is 3.34. The predicted octanol–water partition coefficient (Wildman–Crippen LogP) is 1.32. The van der Waals surface area contributed by atoms with Crippen molar-refractivity contribution in [3.63, 3.8) is 0 Å². The van der Waals surface area contributed by atoms with Gasteiger partial charge in [-0.25, -0.2) is 21.6 Å². The fraction of sp³-hybridized carbons (Fsp3) is 0.500. The highest BCUT2D eigenvalue weighted by Gasteiger charge is 2.33. The summed E-state index contributed by atoms with van der Waals surface area (Å²) in [6.45, 7) is 0.623. The van der Waals surface area contributed by atoms with Crippen LogP contribution in [-0.4, -0.2) is 46.5 Å². The van der Waals surface area contributed by atoms with Crippen LogP contribution in [0.2, 0.25) is 0 Å². The number of nitrogens with zero attached hydrogens (tertiary/aromatic N) is 1. The average molecular weight is 370 g/mol. The zero-order chi connectivity index (χ0) is 17.4. The first-order chi connectivity index (χ1) is 11.3. The summed E-state index contributed by atoms with van der Waals surface area (Å²) in [5.41, 5.74) is 2.11. The van der Waals surface area contributed by atoms with Crippen molar-refractivity contribution in [3.05, 3.63) is 40.3 Å². The van der Waals surface area contributed by atoms with Crippen LogP contribution in [0.3, 0.4) is 0 Å².